The van der Waals surface area contributed by atoms with E-state index >= 15 is 0 Å². The van der Waals surface area contributed by atoms with Crippen molar-refractivity contribution in [1.29, 1.82) is 0 Å². The molecule has 0 unspecified atom stereocenters. The molecule has 1 aromatic rings. The van der Waals surface area contributed by atoms with Crippen molar-refractivity contribution in [2.75, 3.05) is 0 Å². The lowest BCUT2D eigenvalue weighted by Gasteiger charge is -2.15. The molecule has 0 aliphatic heterocycles. The fourth-order valence-electron chi connectivity index (χ4n) is 0.924. The van der Waals surface area contributed by atoms with Gasteiger partial charge >= 0.3 is 4.87 Å². The summed E-state index contributed by atoms with van der Waals surface area (Å²) in [6.07, 6.45) is 3.39. The Balaban J connectivity index is 2.58. The van der Waals surface area contributed by atoms with Gasteiger partial charge in [-0.1, -0.05) is 25.2 Å². The van der Waals surface area contributed by atoms with Crippen LogP contribution in [0.2, 0.25) is 0 Å². The first-order valence-electron chi connectivity index (χ1n) is 4.15. The van der Waals surface area contributed by atoms with Gasteiger partial charge in [-0.3, -0.25) is 4.79 Å². The molecule has 1 heterocycles. The summed E-state index contributed by atoms with van der Waals surface area (Å²) in [7, 11) is 0. The Bertz CT molecular complexity index is 337. The molecule has 0 amide bonds. The number of aldehydes is 1. The van der Waals surface area contributed by atoms with Crippen molar-refractivity contribution >= 4 is 17.6 Å². The van der Waals surface area contributed by atoms with Crippen LogP contribution in [0.5, 0.6) is 0 Å². The topological polar surface area (TPSA) is 39.1 Å². The SMILES string of the molecule is CC(C)(C=O)CCn1ccsc1=O. The largest absolute Gasteiger partial charge is 0.307 e. The van der Waals surface area contributed by atoms with Crippen molar-refractivity contribution in [2.24, 2.45) is 5.41 Å². The summed E-state index contributed by atoms with van der Waals surface area (Å²) in [6, 6.07) is 0. The lowest BCUT2D eigenvalue weighted by molar-refractivity contribution is -0.115. The van der Waals surface area contributed by atoms with Gasteiger partial charge in [0.25, 0.3) is 0 Å². The molecular formula is C9H13NO2S. The first kappa shape index (κ1) is 10.2. The van der Waals surface area contributed by atoms with E-state index in [1.807, 2.05) is 13.8 Å². The minimum atomic E-state index is -0.332. The molecule has 0 saturated carbocycles. The van der Waals surface area contributed by atoms with Gasteiger partial charge in [-0.05, 0) is 6.42 Å². The van der Waals surface area contributed by atoms with Crippen LogP contribution < -0.4 is 4.87 Å². The van der Waals surface area contributed by atoms with Crippen LogP contribution in [-0.2, 0) is 11.3 Å². The maximum atomic E-state index is 11.1. The average Bonchev–Trinajstić information content (AvgIpc) is 2.48. The predicted octanol–water partition coefficient (Wildman–Crippen LogP) is 1.52. The molecule has 13 heavy (non-hydrogen) atoms. The zero-order valence-corrected chi connectivity index (χ0v) is 8.63. The molecule has 0 aromatic carbocycles. The third kappa shape index (κ3) is 2.81. The summed E-state index contributed by atoms with van der Waals surface area (Å²) in [6.45, 7) is 4.36. The molecule has 72 valence electrons. The Labute approximate surface area is 81.0 Å². The Kier molecular flexibility index (Phi) is 3.03. The Morgan fingerprint density at radius 3 is 2.77 bits per heavy atom. The third-order valence-electron chi connectivity index (χ3n) is 1.96. The smallest absolute Gasteiger partial charge is 0.306 e. The van der Waals surface area contributed by atoms with Crippen LogP contribution in [0.4, 0.5) is 0 Å². The van der Waals surface area contributed by atoms with E-state index in [1.165, 1.54) is 11.3 Å². The number of hydrogen-bond acceptors (Lipinski definition) is 3. The van der Waals surface area contributed by atoms with E-state index in [2.05, 4.69) is 0 Å². The maximum absolute atomic E-state index is 11.1. The van der Waals surface area contributed by atoms with Gasteiger partial charge in [0.2, 0.25) is 0 Å². The van der Waals surface area contributed by atoms with Crippen LogP contribution >= 0.6 is 11.3 Å². The second kappa shape index (κ2) is 3.87. The molecule has 0 saturated heterocycles. The number of hydrogen-bond donors (Lipinski definition) is 0. The van der Waals surface area contributed by atoms with Crippen molar-refractivity contribution in [1.82, 2.24) is 4.57 Å². The summed E-state index contributed by atoms with van der Waals surface area (Å²) >= 11 is 1.18. The molecule has 3 nitrogen and oxygen atoms in total. The van der Waals surface area contributed by atoms with Gasteiger partial charge in [-0.15, -0.1) is 0 Å². The first-order chi connectivity index (χ1) is 6.05. The van der Waals surface area contributed by atoms with Crippen molar-refractivity contribution < 1.29 is 4.79 Å². The van der Waals surface area contributed by atoms with E-state index in [0.29, 0.717) is 13.0 Å². The number of carbonyl (C=O) groups excluding carboxylic acids is 1. The van der Waals surface area contributed by atoms with Crippen LogP contribution in [0, 0.1) is 5.41 Å². The normalized spacial score (nSPS) is 11.5. The number of thiazole rings is 1. The van der Waals surface area contributed by atoms with Gasteiger partial charge in [-0.2, -0.15) is 0 Å². The number of rotatable bonds is 4. The average molecular weight is 199 g/mol. The van der Waals surface area contributed by atoms with Crippen LogP contribution in [0.3, 0.4) is 0 Å². The highest BCUT2D eigenvalue weighted by molar-refractivity contribution is 7.07. The number of carbonyl (C=O) groups is 1. The summed E-state index contributed by atoms with van der Waals surface area (Å²) in [5.74, 6) is 0. The maximum Gasteiger partial charge on any atom is 0.307 e. The Hall–Kier alpha value is -0.900. The molecule has 0 radical (unpaired) electrons. The van der Waals surface area contributed by atoms with Crippen LogP contribution in [0.15, 0.2) is 16.4 Å². The molecule has 0 bridgehead atoms. The lowest BCUT2D eigenvalue weighted by atomic mass is 9.91. The number of aromatic nitrogens is 1. The van der Waals surface area contributed by atoms with Crippen molar-refractivity contribution in [2.45, 2.75) is 26.8 Å². The van der Waals surface area contributed by atoms with E-state index in [9.17, 15) is 9.59 Å². The molecule has 4 heteroatoms. The highest BCUT2D eigenvalue weighted by atomic mass is 32.1. The van der Waals surface area contributed by atoms with Crippen LogP contribution in [-0.4, -0.2) is 10.9 Å². The monoisotopic (exact) mass is 199 g/mol. The summed E-state index contributed by atoms with van der Waals surface area (Å²) in [5.41, 5.74) is -0.332. The first-order valence-corrected chi connectivity index (χ1v) is 5.03. The predicted molar refractivity (Wildman–Crippen MR) is 53.0 cm³/mol. The number of aryl methyl sites for hydroxylation is 1. The molecule has 0 spiro atoms. The summed E-state index contributed by atoms with van der Waals surface area (Å²) in [5, 5.41) is 1.76. The Morgan fingerprint density at radius 1 is 1.62 bits per heavy atom. The standard InChI is InChI=1S/C9H13NO2S/c1-9(2,7-11)3-4-10-5-6-13-8(10)12/h5-7H,3-4H2,1-2H3. The van der Waals surface area contributed by atoms with Gasteiger partial charge in [0.05, 0.1) is 0 Å². The molecule has 0 aliphatic carbocycles. The van der Waals surface area contributed by atoms with Gasteiger partial charge in [0, 0.05) is 23.5 Å². The van der Waals surface area contributed by atoms with E-state index in [-0.39, 0.29) is 10.3 Å². The molecule has 0 N–H and O–H groups in total. The minimum absolute atomic E-state index is 0.0432. The van der Waals surface area contributed by atoms with Gasteiger partial charge < -0.3 is 9.36 Å². The van der Waals surface area contributed by atoms with Crippen LogP contribution in [0.1, 0.15) is 20.3 Å². The van der Waals surface area contributed by atoms with Crippen molar-refractivity contribution in [3.05, 3.63) is 21.2 Å². The van der Waals surface area contributed by atoms with E-state index in [4.69, 9.17) is 0 Å². The quantitative estimate of drug-likeness (QED) is 0.690. The number of nitrogens with zero attached hydrogens (tertiary/aromatic N) is 1. The fourth-order valence-corrected chi connectivity index (χ4v) is 1.54. The Morgan fingerprint density at radius 2 is 2.31 bits per heavy atom. The molecule has 0 atom stereocenters. The van der Waals surface area contributed by atoms with Crippen LogP contribution in [0.25, 0.3) is 0 Å². The second-order valence-corrected chi connectivity index (χ2v) is 4.58. The fraction of sp³-hybridized carbons (Fsp3) is 0.556. The van der Waals surface area contributed by atoms with Gasteiger partial charge in [0.1, 0.15) is 6.29 Å². The molecule has 0 fully saturated rings. The van der Waals surface area contributed by atoms with Gasteiger partial charge in [-0.25, -0.2) is 0 Å². The lowest BCUT2D eigenvalue weighted by Crippen LogP contribution is -2.20. The highest BCUT2D eigenvalue weighted by Crippen LogP contribution is 2.16. The van der Waals surface area contributed by atoms with E-state index < -0.39 is 0 Å². The minimum Gasteiger partial charge on any atom is -0.306 e. The van der Waals surface area contributed by atoms with Crippen molar-refractivity contribution in [3.63, 3.8) is 0 Å². The summed E-state index contributed by atoms with van der Waals surface area (Å²) in [4.78, 5) is 21.7. The third-order valence-corrected chi connectivity index (χ3v) is 2.65. The molecule has 1 rings (SSSR count). The second-order valence-electron chi connectivity index (χ2n) is 3.72. The van der Waals surface area contributed by atoms with Gasteiger partial charge in [0.15, 0.2) is 0 Å². The zero-order valence-electron chi connectivity index (χ0n) is 7.82. The molecule has 1 aromatic heterocycles. The zero-order chi connectivity index (χ0) is 9.90. The van der Waals surface area contributed by atoms with E-state index in [1.54, 1.807) is 16.1 Å². The summed E-state index contributed by atoms with van der Waals surface area (Å²) < 4.78 is 1.63. The molecular weight excluding hydrogens is 186 g/mol. The van der Waals surface area contributed by atoms with Crippen molar-refractivity contribution in [3.8, 4) is 0 Å². The highest BCUT2D eigenvalue weighted by Gasteiger charge is 2.16. The molecule has 0 aliphatic rings. The van der Waals surface area contributed by atoms with E-state index in [0.717, 1.165) is 6.29 Å².